The number of aliphatic hydroxyl groups excluding tert-OH is 1. The van der Waals surface area contributed by atoms with Gasteiger partial charge in [0, 0.05) is 104 Å². The number of nitrogens with zero attached hydrogens (tertiary/aromatic N) is 3. The van der Waals surface area contributed by atoms with Crippen LogP contribution in [0.15, 0.2) is 58.2 Å². The van der Waals surface area contributed by atoms with Crippen LogP contribution in [0.2, 0.25) is 0 Å². The molecule has 5 aliphatic heterocycles. The Morgan fingerprint density at radius 3 is 2.49 bits per heavy atom. The Bertz CT molecular complexity index is 2310. The van der Waals surface area contributed by atoms with Crippen LogP contribution in [0.4, 0.5) is 0 Å². The normalized spacial score (nSPS) is 37.3. The van der Waals surface area contributed by atoms with Crippen LogP contribution in [0.25, 0.3) is 10.9 Å². The van der Waals surface area contributed by atoms with E-state index in [9.17, 15) is 24.0 Å². The zero-order valence-electron chi connectivity index (χ0n) is 37.7. The molecule has 13 atom stereocenters. The quantitative estimate of drug-likeness (QED) is 0.169. The van der Waals surface area contributed by atoms with Gasteiger partial charge in [-0.1, -0.05) is 38.0 Å². The monoisotopic (exact) mass is 888 g/mol. The van der Waals surface area contributed by atoms with Gasteiger partial charge in [0.25, 0.3) is 0 Å². The van der Waals surface area contributed by atoms with Crippen molar-refractivity contribution in [2.45, 2.75) is 106 Å². The molecule has 4 fully saturated rings. The van der Waals surface area contributed by atoms with Crippen LogP contribution >= 0.6 is 0 Å². The van der Waals surface area contributed by atoms with Crippen molar-refractivity contribution in [1.82, 2.24) is 19.7 Å². The molecule has 7 aliphatic rings. The lowest BCUT2D eigenvalue weighted by atomic mass is 9.50. The highest BCUT2D eigenvalue weighted by atomic mass is 32.2. The van der Waals surface area contributed by atoms with Gasteiger partial charge < -0.3 is 39.0 Å². The minimum atomic E-state index is -2.24. The standard InChI is InChI=1S/C48H64N4O10S/c1-8-28-19-29-23-47(44(55)60-6,40-33(26-51(24-28)25-29)32-20-31(11-12-36(32)49-40)63(58)18-10-17-53)35-21-34-37(22-38(35)59-5)50(4)43-46(34)14-16-52-15-13-30(9-2)39(41(46)52)42(62-27(3)54)48(43,57)45(56)61-7/h11-12,19-22,29-30,35,38-39,41-43,49,53,57H,8-10,13-18,23-26H2,1-7H3/t29-,30+,35?,38?,39?,41+,42-,43-,46-,47+,48-,63?/m1/s1. The number of allylic oxidation sites excluding steroid dienone is 1. The zero-order chi connectivity index (χ0) is 44.7. The third-order valence-corrected chi connectivity index (χ3v) is 17.7. The fourth-order valence-electron chi connectivity index (χ4n) is 14.0. The Balaban J connectivity index is 1.31. The van der Waals surface area contributed by atoms with E-state index < -0.39 is 69.3 Å². The molecule has 3 N–H and O–H groups in total. The van der Waals surface area contributed by atoms with Gasteiger partial charge in [0.2, 0.25) is 5.60 Å². The van der Waals surface area contributed by atoms with E-state index >= 15 is 4.79 Å². The predicted molar refractivity (Wildman–Crippen MR) is 236 cm³/mol. The largest absolute Gasteiger partial charge is 0.468 e. The SMILES string of the molecule is CCC1=C[C@H]2CN(C1)Cc1c([nH]c3ccc(S(=O)CCCO)cc13)[C@@](C(=O)OC)(C1C=C3C(=CC1OC)N(C)[C@H]1[C@@](O)(C(=O)OC)[C@H](OC(C)=O)C4[C@@H](CC)CCN5CC[C@]31[C@H]45)C2. The molecule has 5 unspecified atom stereocenters. The second-order valence-corrected chi connectivity index (χ2v) is 20.7. The average molecular weight is 889 g/mol. The molecule has 1 saturated carbocycles. The first kappa shape index (κ1) is 44.3. The maximum Gasteiger partial charge on any atom is 0.344 e. The van der Waals surface area contributed by atoms with Crippen molar-refractivity contribution in [2.24, 2.45) is 29.1 Å². The van der Waals surface area contributed by atoms with Crippen molar-refractivity contribution in [1.29, 1.82) is 0 Å². The Hall–Kier alpha value is -3.86. The van der Waals surface area contributed by atoms with E-state index in [4.69, 9.17) is 18.9 Å². The van der Waals surface area contributed by atoms with Crippen molar-refractivity contribution in [3.05, 3.63) is 64.5 Å². The molecule has 342 valence electrons. The van der Waals surface area contributed by atoms with Gasteiger partial charge in [-0.15, -0.1) is 0 Å². The van der Waals surface area contributed by atoms with Gasteiger partial charge in [0.05, 0.1) is 37.2 Å². The molecular weight excluding hydrogens is 825 g/mol. The summed E-state index contributed by atoms with van der Waals surface area (Å²) in [5.74, 6) is -2.44. The number of aromatic nitrogens is 1. The minimum Gasteiger partial charge on any atom is -0.468 e. The van der Waals surface area contributed by atoms with Crippen molar-refractivity contribution in [2.75, 3.05) is 66.9 Å². The van der Waals surface area contributed by atoms with Crippen LogP contribution < -0.4 is 0 Å². The molecule has 2 aliphatic carbocycles. The van der Waals surface area contributed by atoms with Crippen LogP contribution in [-0.2, 0) is 56.1 Å². The third-order valence-electron chi connectivity index (χ3n) is 16.3. The Morgan fingerprint density at radius 2 is 1.81 bits per heavy atom. The van der Waals surface area contributed by atoms with Crippen molar-refractivity contribution in [3.63, 3.8) is 0 Å². The molecular formula is C48H64N4O10S. The summed E-state index contributed by atoms with van der Waals surface area (Å²) >= 11 is 0. The molecule has 1 aromatic carbocycles. The maximum atomic E-state index is 15.4. The van der Waals surface area contributed by atoms with E-state index in [1.54, 1.807) is 7.11 Å². The summed E-state index contributed by atoms with van der Waals surface area (Å²) in [6.07, 6.45) is 8.76. The van der Waals surface area contributed by atoms with Gasteiger partial charge in [0.1, 0.15) is 11.5 Å². The van der Waals surface area contributed by atoms with E-state index in [0.717, 1.165) is 72.3 Å². The van der Waals surface area contributed by atoms with Gasteiger partial charge in [-0.25, -0.2) is 4.79 Å². The number of hydrogen-bond acceptors (Lipinski definition) is 13. The van der Waals surface area contributed by atoms with E-state index in [1.807, 2.05) is 30.1 Å². The van der Waals surface area contributed by atoms with E-state index in [-0.39, 0.29) is 30.4 Å². The first-order chi connectivity index (χ1) is 30.3. The number of ether oxygens (including phenoxy) is 4. The zero-order valence-corrected chi connectivity index (χ0v) is 38.5. The van der Waals surface area contributed by atoms with Crippen molar-refractivity contribution < 1.29 is 47.8 Å². The van der Waals surface area contributed by atoms with Gasteiger partial charge >= 0.3 is 17.9 Å². The maximum absolute atomic E-state index is 15.4. The number of nitrogens with one attached hydrogen (secondary N) is 1. The number of aromatic amines is 1. The van der Waals surface area contributed by atoms with Gasteiger partial charge in [-0.3, -0.25) is 23.6 Å². The molecule has 3 saturated heterocycles. The minimum absolute atomic E-state index is 0.00838. The summed E-state index contributed by atoms with van der Waals surface area (Å²) in [6.45, 7) is 9.20. The third kappa shape index (κ3) is 6.41. The lowest BCUT2D eigenvalue weighted by molar-refractivity contribution is -0.238. The molecule has 15 heteroatoms. The Labute approximate surface area is 372 Å². The second-order valence-electron chi connectivity index (χ2n) is 19.1. The lowest BCUT2D eigenvalue weighted by Gasteiger charge is -2.61. The number of benzene rings is 1. The van der Waals surface area contributed by atoms with Crippen molar-refractivity contribution >= 4 is 39.6 Å². The summed E-state index contributed by atoms with van der Waals surface area (Å²) in [4.78, 5) is 54.2. The van der Waals surface area contributed by atoms with Crippen LogP contribution in [0, 0.1) is 29.1 Å². The summed E-state index contributed by atoms with van der Waals surface area (Å²) in [5.41, 5.74) is 1.18. The van der Waals surface area contributed by atoms with Gasteiger partial charge in [-0.2, -0.15) is 0 Å². The highest BCUT2D eigenvalue weighted by molar-refractivity contribution is 7.85. The molecule has 2 bridgehead atoms. The first-order valence-electron chi connectivity index (χ1n) is 22.8. The average Bonchev–Trinajstić information content (AvgIpc) is 3.93. The van der Waals surface area contributed by atoms with Gasteiger partial charge in [0.15, 0.2) is 0 Å². The predicted octanol–water partition coefficient (Wildman–Crippen LogP) is 3.97. The number of carbonyl (C=O) groups excluding carboxylic acids is 3. The number of carbonyl (C=O) groups is 3. The number of hydrogen-bond donors (Lipinski definition) is 3. The number of rotatable bonds is 11. The molecule has 1 spiro atoms. The fraction of sp³-hybridized carbons (Fsp3) is 0.646. The number of aliphatic hydroxyl groups is 2. The molecule has 6 heterocycles. The lowest BCUT2D eigenvalue weighted by Crippen LogP contribution is -2.77. The molecule has 2 aromatic rings. The molecule has 63 heavy (non-hydrogen) atoms. The molecule has 14 nitrogen and oxygen atoms in total. The number of esters is 3. The Morgan fingerprint density at radius 1 is 1.03 bits per heavy atom. The molecule has 9 rings (SSSR count). The number of fused-ring (bicyclic) bond motifs is 6. The topological polar surface area (TPSA) is 171 Å². The van der Waals surface area contributed by atoms with Gasteiger partial charge in [-0.05, 0) is 92.4 Å². The van der Waals surface area contributed by atoms with Crippen LogP contribution in [-0.4, -0.2) is 149 Å². The highest BCUT2D eigenvalue weighted by Crippen LogP contribution is 2.68. The first-order valence-corrected chi connectivity index (χ1v) is 24.2. The number of likely N-dealkylation sites (N-methyl/N-ethyl adjacent to an activating group) is 1. The summed E-state index contributed by atoms with van der Waals surface area (Å²) in [5, 5.41) is 23.7. The van der Waals surface area contributed by atoms with E-state index in [1.165, 1.54) is 26.7 Å². The highest BCUT2D eigenvalue weighted by Gasteiger charge is 2.79. The van der Waals surface area contributed by atoms with E-state index in [2.05, 4.69) is 46.9 Å². The van der Waals surface area contributed by atoms with Crippen LogP contribution in [0.5, 0.6) is 0 Å². The number of H-pyrrole nitrogens is 1. The molecule has 1 aromatic heterocycles. The number of piperidine rings is 1. The van der Waals surface area contributed by atoms with Crippen molar-refractivity contribution in [3.8, 4) is 0 Å². The summed E-state index contributed by atoms with van der Waals surface area (Å²) < 4.78 is 37.7. The van der Waals surface area contributed by atoms with Crippen LogP contribution in [0.1, 0.15) is 70.6 Å². The Kier molecular flexibility index (Phi) is 11.6. The fourth-order valence-corrected chi connectivity index (χ4v) is 15.1. The second kappa shape index (κ2) is 16.5. The summed E-state index contributed by atoms with van der Waals surface area (Å²) in [7, 11) is 4.93. The smallest absolute Gasteiger partial charge is 0.344 e. The molecule has 0 amide bonds. The number of methoxy groups -OCH3 is 3. The summed E-state index contributed by atoms with van der Waals surface area (Å²) in [6, 6.07) is 4.72. The molecule has 0 radical (unpaired) electrons. The number of likely N-dealkylation sites (tertiary alicyclic amines) is 1. The van der Waals surface area contributed by atoms with Crippen LogP contribution in [0.3, 0.4) is 0 Å². The van der Waals surface area contributed by atoms with E-state index in [0.29, 0.717) is 43.0 Å².